The van der Waals surface area contributed by atoms with Crippen molar-refractivity contribution in [1.29, 1.82) is 0 Å². The molecule has 2 aromatic rings. The van der Waals surface area contributed by atoms with Gasteiger partial charge in [-0.05, 0) is 34.6 Å². The van der Waals surface area contributed by atoms with Gasteiger partial charge in [-0.1, -0.05) is 69.3 Å². The average Bonchev–Trinajstić information content (AvgIpc) is 3.04. The Morgan fingerprint density at radius 3 is 2.09 bits per heavy atom. The third-order valence-corrected chi connectivity index (χ3v) is 5.53. The maximum absolute atomic E-state index is 12.7. The Kier molecular flexibility index (Phi) is 7.41. The van der Waals surface area contributed by atoms with Gasteiger partial charge in [-0.2, -0.15) is 0 Å². The first-order valence-electron chi connectivity index (χ1n) is 11.2. The fourth-order valence-corrected chi connectivity index (χ4v) is 4.25. The number of alkyl carbamates (subject to hydrolysis) is 1. The Labute approximate surface area is 194 Å². The lowest BCUT2D eigenvalue weighted by atomic mass is 9.95. The molecule has 0 unspecified atom stereocenters. The number of carbonyl (C=O) groups is 3. The van der Waals surface area contributed by atoms with E-state index in [-0.39, 0.29) is 36.8 Å². The molecule has 0 bridgehead atoms. The van der Waals surface area contributed by atoms with Gasteiger partial charge in [-0.3, -0.25) is 9.59 Å². The van der Waals surface area contributed by atoms with Gasteiger partial charge in [0.05, 0.1) is 0 Å². The fourth-order valence-electron chi connectivity index (χ4n) is 4.25. The predicted molar refractivity (Wildman–Crippen MR) is 126 cm³/mol. The van der Waals surface area contributed by atoms with Crippen LogP contribution < -0.4 is 5.32 Å². The molecule has 3 rings (SSSR count). The monoisotopic (exact) mass is 452 g/mol. The summed E-state index contributed by atoms with van der Waals surface area (Å²) in [5.74, 6) is -1.43. The van der Waals surface area contributed by atoms with Crippen LogP contribution in [0.3, 0.4) is 0 Å². The Hall–Kier alpha value is -3.35. The molecule has 0 saturated carbocycles. The third kappa shape index (κ3) is 6.34. The van der Waals surface area contributed by atoms with E-state index in [1.807, 2.05) is 45.0 Å². The molecule has 1 aliphatic rings. The average molecular weight is 453 g/mol. The molecule has 7 heteroatoms. The van der Waals surface area contributed by atoms with Crippen molar-refractivity contribution in [3.05, 3.63) is 59.7 Å². The number of fused-ring (bicyclic) bond motifs is 3. The zero-order chi connectivity index (χ0) is 24.2. The van der Waals surface area contributed by atoms with Crippen LogP contribution in [-0.2, 0) is 14.3 Å². The number of rotatable bonds is 8. The standard InChI is InChI=1S/C26H32N2O5/c1-17(13-23(29)28(14-24(30)31)16-26(2,3)4)27-25(32)33-15-22-20-11-7-5-9-18(20)19-10-6-8-12-21(19)22/h5-12,17,22H,13-16H2,1-4H3,(H,27,32)(H,30,31)/t17-/m0/s1. The minimum Gasteiger partial charge on any atom is -0.480 e. The minimum absolute atomic E-state index is 0.00639. The van der Waals surface area contributed by atoms with E-state index in [1.54, 1.807) is 6.92 Å². The first-order valence-corrected chi connectivity index (χ1v) is 11.2. The number of carboxylic acids is 1. The second kappa shape index (κ2) is 10.1. The fraction of sp³-hybridized carbons (Fsp3) is 0.423. The van der Waals surface area contributed by atoms with E-state index in [0.717, 1.165) is 22.3 Å². The van der Waals surface area contributed by atoms with Gasteiger partial charge in [-0.25, -0.2) is 4.79 Å². The van der Waals surface area contributed by atoms with Crippen molar-refractivity contribution in [2.24, 2.45) is 5.41 Å². The van der Waals surface area contributed by atoms with Crippen molar-refractivity contribution in [2.45, 2.75) is 46.1 Å². The van der Waals surface area contributed by atoms with Gasteiger partial charge in [-0.15, -0.1) is 0 Å². The molecule has 0 aliphatic heterocycles. The van der Waals surface area contributed by atoms with Crippen LogP contribution in [0, 0.1) is 5.41 Å². The first kappa shape index (κ1) is 24.3. The number of benzene rings is 2. The summed E-state index contributed by atoms with van der Waals surface area (Å²) >= 11 is 0. The van der Waals surface area contributed by atoms with E-state index in [0.29, 0.717) is 6.54 Å². The molecule has 0 saturated heterocycles. The summed E-state index contributed by atoms with van der Waals surface area (Å²) in [6.07, 6.45) is -0.606. The normalized spacial score (nSPS) is 13.6. The maximum Gasteiger partial charge on any atom is 0.407 e. The molecule has 1 aliphatic carbocycles. The zero-order valence-corrected chi connectivity index (χ0v) is 19.6. The Morgan fingerprint density at radius 2 is 1.58 bits per heavy atom. The summed E-state index contributed by atoms with van der Waals surface area (Å²) in [6.45, 7) is 7.66. The van der Waals surface area contributed by atoms with Crippen molar-refractivity contribution < 1.29 is 24.2 Å². The second-order valence-electron chi connectivity index (χ2n) is 9.78. The number of ether oxygens (including phenoxy) is 1. The van der Waals surface area contributed by atoms with Gasteiger partial charge < -0.3 is 20.1 Å². The molecule has 176 valence electrons. The van der Waals surface area contributed by atoms with Gasteiger partial charge in [0, 0.05) is 24.9 Å². The first-order chi connectivity index (χ1) is 15.5. The molecule has 2 amide bonds. The highest BCUT2D eigenvalue weighted by Gasteiger charge is 2.29. The number of hydrogen-bond acceptors (Lipinski definition) is 4. The van der Waals surface area contributed by atoms with Crippen molar-refractivity contribution in [1.82, 2.24) is 10.2 Å². The molecule has 33 heavy (non-hydrogen) atoms. The van der Waals surface area contributed by atoms with E-state index in [2.05, 4.69) is 29.6 Å². The van der Waals surface area contributed by atoms with Crippen LogP contribution in [-0.4, -0.2) is 53.7 Å². The van der Waals surface area contributed by atoms with Crippen molar-refractivity contribution in [3.8, 4) is 11.1 Å². The van der Waals surface area contributed by atoms with E-state index in [4.69, 9.17) is 9.84 Å². The van der Waals surface area contributed by atoms with Gasteiger partial charge in [0.1, 0.15) is 13.2 Å². The maximum atomic E-state index is 12.7. The lowest BCUT2D eigenvalue weighted by molar-refractivity contribution is -0.145. The molecule has 0 radical (unpaired) electrons. The molecule has 2 aromatic carbocycles. The highest BCUT2D eigenvalue weighted by atomic mass is 16.5. The Balaban J connectivity index is 1.56. The Bertz CT molecular complexity index is 982. The van der Waals surface area contributed by atoms with E-state index < -0.39 is 18.1 Å². The van der Waals surface area contributed by atoms with Gasteiger partial charge in [0.2, 0.25) is 5.91 Å². The molecular formula is C26H32N2O5. The molecular weight excluding hydrogens is 420 g/mol. The number of hydrogen-bond donors (Lipinski definition) is 2. The molecule has 7 nitrogen and oxygen atoms in total. The smallest absolute Gasteiger partial charge is 0.407 e. The van der Waals surface area contributed by atoms with Crippen LogP contribution >= 0.6 is 0 Å². The summed E-state index contributed by atoms with van der Waals surface area (Å²) < 4.78 is 5.53. The van der Waals surface area contributed by atoms with Gasteiger partial charge in [0.15, 0.2) is 0 Å². The van der Waals surface area contributed by atoms with Gasteiger partial charge in [0.25, 0.3) is 0 Å². The third-order valence-electron chi connectivity index (χ3n) is 5.53. The highest BCUT2D eigenvalue weighted by molar-refractivity contribution is 5.82. The quantitative estimate of drug-likeness (QED) is 0.624. The molecule has 0 fully saturated rings. The number of nitrogens with one attached hydrogen (secondary N) is 1. The highest BCUT2D eigenvalue weighted by Crippen LogP contribution is 2.44. The van der Waals surface area contributed by atoms with Crippen molar-refractivity contribution in [3.63, 3.8) is 0 Å². The topological polar surface area (TPSA) is 95.9 Å². The predicted octanol–water partition coefficient (Wildman–Crippen LogP) is 4.26. The van der Waals surface area contributed by atoms with Gasteiger partial charge >= 0.3 is 12.1 Å². The van der Waals surface area contributed by atoms with Crippen molar-refractivity contribution in [2.75, 3.05) is 19.7 Å². The lowest BCUT2D eigenvalue weighted by Crippen LogP contribution is -2.44. The molecule has 0 spiro atoms. The van der Waals surface area contributed by atoms with Crippen LogP contribution in [0.1, 0.15) is 51.2 Å². The van der Waals surface area contributed by atoms with E-state index in [1.165, 1.54) is 4.90 Å². The minimum atomic E-state index is -1.07. The summed E-state index contributed by atoms with van der Waals surface area (Å²) in [5, 5.41) is 11.8. The number of carboxylic acid groups (broad SMARTS) is 1. The van der Waals surface area contributed by atoms with Crippen LogP contribution in [0.2, 0.25) is 0 Å². The second-order valence-corrected chi connectivity index (χ2v) is 9.78. The summed E-state index contributed by atoms with van der Waals surface area (Å²) in [4.78, 5) is 37.6. The van der Waals surface area contributed by atoms with E-state index >= 15 is 0 Å². The zero-order valence-electron chi connectivity index (χ0n) is 19.6. The summed E-state index contributed by atoms with van der Waals surface area (Å²) in [5.41, 5.74) is 4.31. The molecule has 0 aromatic heterocycles. The van der Waals surface area contributed by atoms with Crippen LogP contribution in [0.15, 0.2) is 48.5 Å². The number of nitrogens with zero attached hydrogens (tertiary/aromatic N) is 1. The summed E-state index contributed by atoms with van der Waals surface area (Å²) in [7, 11) is 0. The van der Waals surface area contributed by atoms with Crippen LogP contribution in [0.25, 0.3) is 11.1 Å². The molecule has 1 atom stereocenters. The number of aliphatic carboxylic acids is 1. The number of carbonyl (C=O) groups excluding carboxylic acids is 2. The Morgan fingerprint density at radius 1 is 1.03 bits per heavy atom. The van der Waals surface area contributed by atoms with Crippen molar-refractivity contribution >= 4 is 18.0 Å². The van der Waals surface area contributed by atoms with Crippen LogP contribution in [0.4, 0.5) is 4.79 Å². The van der Waals surface area contributed by atoms with Crippen LogP contribution in [0.5, 0.6) is 0 Å². The number of amides is 2. The largest absolute Gasteiger partial charge is 0.480 e. The molecule has 2 N–H and O–H groups in total. The molecule has 0 heterocycles. The van der Waals surface area contributed by atoms with E-state index in [9.17, 15) is 14.4 Å². The SMILES string of the molecule is C[C@@H](CC(=O)N(CC(=O)O)CC(C)(C)C)NC(=O)OCC1c2ccccc2-c2ccccc21. The summed E-state index contributed by atoms with van der Waals surface area (Å²) in [6, 6.07) is 15.7. The lowest BCUT2D eigenvalue weighted by Gasteiger charge is -2.29.